The number of carbonyl (C=O) groups excluding carboxylic acids is 1. The second kappa shape index (κ2) is 8.27. The number of amides is 1. The fraction of sp³-hybridized carbons (Fsp3) is 0.280. The van der Waals surface area contributed by atoms with Crippen molar-refractivity contribution in [2.24, 2.45) is 0 Å². The van der Waals surface area contributed by atoms with E-state index in [2.05, 4.69) is 15.2 Å². The minimum Gasteiger partial charge on any atom is -0.347 e. The summed E-state index contributed by atoms with van der Waals surface area (Å²) >= 11 is 0. The van der Waals surface area contributed by atoms with Crippen LogP contribution in [0.2, 0.25) is 0 Å². The first-order chi connectivity index (χ1) is 15.9. The zero-order valence-corrected chi connectivity index (χ0v) is 18.8. The fourth-order valence-electron chi connectivity index (χ4n) is 4.43. The summed E-state index contributed by atoms with van der Waals surface area (Å²) < 4.78 is 13.6. The Labute approximate surface area is 191 Å². The third-order valence-corrected chi connectivity index (χ3v) is 6.11. The van der Waals surface area contributed by atoms with Crippen molar-refractivity contribution in [2.45, 2.75) is 25.8 Å². The Morgan fingerprint density at radius 2 is 1.97 bits per heavy atom. The second-order valence-corrected chi connectivity index (χ2v) is 8.65. The van der Waals surface area contributed by atoms with Crippen molar-refractivity contribution in [3.05, 3.63) is 71.4 Å². The first-order valence-electron chi connectivity index (χ1n) is 11.0. The maximum atomic E-state index is 13.7. The quantitative estimate of drug-likeness (QED) is 0.501. The molecular weight excluding hydrogens is 419 g/mol. The lowest BCUT2D eigenvalue weighted by molar-refractivity contribution is 0.0729. The molecule has 0 radical (unpaired) electrons. The minimum absolute atomic E-state index is 0.121. The highest BCUT2D eigenvalue weighted by Crippen LogP contribution is 2.38. The van der Waals surface area contributed by atoms with E-state index in [-0.39, 0.29) is 17.8 Å². The zero-order valence-electron chi connectivity index (χ0n) is 18.8. The molecule has 1 fully saturated rings. The lowest BCUT2D eigenvalue weighted by atomic mass is 9.99. The number of halogens is 1. The van der Waals surface area contributed by atoms with Crippen LogP contribution in [0.3, 0.4) is 0 Å². The van der Waals surface area contributed by atoms with Crippen molar-refractivity contribution >= 4 is 22.8 Å². The van der Waals surface area contributed by atoms with Crippen molar-refractivity contribution in [1.82, 2.24) is 25.1 Å². The Morgan fingerprint density at radius 3 is 2.73 bits per heavy atom. The first kappa shape index (κ1) is 21.1. The lowest BCUT2D eigenvalue weighted by Gasteiger charge is -2.26. The lowest BCUT2D eigenvalue weighted by Crippen LogP contribution is -2.32. The molecule has 2 aromatic carbocycles. The number of likely N-dealkylation sites (tertiary alicyclic amines) is 1. The molecule has 0 bridgehead atoms. The summed E-state index contributed by atoms with van der Waals surface area (Å²) in [5.74, 6) is 0.143. The Morgan fingerprint density at radius 1 is 1.18 bits per heavy atom. The number of hydrogen-bond donors (Lipinski definition) is 1. The number of benzene rings is 2. The van der Waals surface area contributed by atoms with Gasteiger partial charge in [-0.15, -0.1) is 0 Å². The van der Waals surface area contributed by atoms with E-state index in [1.807, 2.05) is 49.0 Å². The van der Waals surface area contributed by atoms with E-state index in [1.165, 1.54) is 12.1 Å². The molecule has 1 amide bonds. The number of aromatic nitrogens is 4. The van der Waals surface area contributed by atoms with Gasteiger partial charge < -0.3 is 9.80 Å². The summed E-state index contributed by atoms with van der Waals surface area (Å²) in [7, 11) is 3.76. The van der Waals surface area contributed by atoms with Crippen LogP contribution >= 0.6 is 0 Å². The molecule has 8 heteroatoms. The second-order valence-electron chi connectivity index (χ2n) is 8.65. The number of hydrogen-bond acceptors (Lipinski definition) is 5. The summed E-state index contributed by atoms with van der Waals surface area (Å²) in [4.78, 5) is 26.7. The average molecular weight is 445 g/mol. The number of carbonyl (C=O) groups is 1. The van der Waals surface area contributed by atoms with Crippen molar-refractivity contribution in [3.8, 4) is 11.1 Å². The van der Waals surface area contributed by atoms with Gasteiger partial charge >= 0.3 is 0 Å². The van der Waals surface area contributed by atoms with Crippen LogP contribution in [0, 0.1) is 12.7 Å². The molecule has 0 spiro atoms. The van der Waals surface area contributed by atoms with E-state index in [1.54, 1.807) is 18.3 Å². The van der Waals surface area contributed by atoms with Gasteiger partial charge in [-0.2, -0.15) is 5.10 Å². The van der Waals surface area contributed by atoms with Crippen LogP contribution in [0.25, 0.3) is 22.0 Å². The Bertz CT molecular complexity index is 1330. The summed E-state index contributed by atoms with van der Waals surface area (Å²) in [5, 5.41) is 8.14. The van der Waals surface area contributed by atoms with Crippen molar-refractivity contribution < 1.29 is 9.18 Å². The number of nitrogens with one attached hydrogen (secondary N) is 1. The molecule has 3 heterocycles. The highest BCUT2D eigenvalue weighted by atomic mass is 19.1. The van der Waals surface area contributed by atoms with E-state index >= 15 is 0 Å². The van der Waals surface area contributed by atoms with Gasteiger partial charge in [0.15, 0.2) is 5.69 Å². The van der Waals surface area contributed by atoms with Gasteiger partial charge in [-0.05, 0) is 49.6 Å². The van der Waals surface area contributed by atoms with Gasteiger partial charge in [0.1, 0.15) is 5.82 Å². The first-order valence-corrected chi connectivity index (χ1v) is 11.0. The van der Waals surface area contributed by atoms with Crippen molar-refractivity contribution in [1.29, 1.82) is 0 Å². The molecule has 168 valence electrons. The van der Waals surface area contributed by atoms with Crippen molar-refractivity contribution in [2.75, 3.05) is 25.5 Å². The van der Waals surface area contributed by atoms with Gasteiger partial charge in [0.25, 0.3) is 5.91 Å². The third-order valence-electron chi connectivity index (χ3n) is 6.11. The maximum Gasteiger partial charge on any atom is 0.275 e. The standard InChI is InChI=1S/C25H25FN6O/c1-15-6-11-20-18(13-15)23(30-29-20)24(33)32-12-4-5-21(32)22-19(14-27-25(28-22)31(2)3)16-7-9-17(26)10-8-16/h6-11,13-14,21H,4-5,12H2,1-3H3,(H,29,30)/t21-/m0/s1. The van der Waals surface area contributed by atoms with E-state index in [9.17, 15) is 9.18 Å². The molecule has 0 saturated carbocycles. The normalized spacial score (nSPS) is 15.9. The van der Waals surface area contributed by atoms with Crippen LogP contribution in [0.1, 0.15) is 40.6 Å². The summed E-state index contributed by atoms with van der Waals surface area (Å²) in [6.07, 6.45) is 3.41. The number of fused-ring (bicyclic) bond motifs is 1. The van der Waals surface area contributed by atoms with Crippen LogP contribution in [0.15, 0.2) is 48.7 Å². The van der Waals surface area contributed by atoms with E-state index in [0.29, 0.717) is 18.2 Å². The molecule has 1 atom stereocenters. The van der Waals surface area contributed by atoms with Crippen LogP contribution in [0.5, 0.6) is 0 Å². The Balaban J connectivity index is 1.58. The van der Waals surface area contributed by atoms with E-state index < -0.39 is 0 Å². The summed E-state index contributed by atoms with van der Waals surface area (Å²) in [5.41, 5.74) is 4.71. The Kier molecular flexibility index (Phi) is 5.28. The molecule has 0 aliphatic carbocycles. The number of anilines is 1. The molecule has 4 aromatic rings. The SMILES string of the molecule is Cc1ccc2[nH]nc(C(=O)N3CCC[C@H]3c3nc(N(C)C)ncc3-c3ccc(F)cc3)c2c1. The number of aromatic amines is 1. The number of nitrogens with zero attached hydrogens (tertiary/aromatic N) is 5. The molecule has 1 aliphatic rings. The van der Waals surface area contributed by atoms with Gasteiger partial charge in [0.2, 0.25) is 5.95 Å². The number of rotatable bonds is 4. The highest BCUT2D eigenvalue weighted by Gasteiger charge is 2.35. The highest BCUT2D eigenvalue weighted by molar-refractivity contribution is 6.05. The number of aryl methyl sites for hydroxylation is 1. The molecule has 1 N–H and O–H groups in total. The fourth-order valence-corrected chi connectivity index (χ4v) is 4.43. The van der Waals surface area contributed by atoms with Gasteiger partial charge in [-0.25, -0.2) is 14.4 Å². The van der Waals surface area contributed by atoms with Gasteiger partial charge in [-0.3, -0.25) is 9.89 Å². The monoisotopic (exact) mass is 444 g/mol. The molecule has 5 rings (SSSR count). The van der Waals surface area contributed by atoms with Gasteiger partial charge in [0.05, 0.1) is 17.3 Å². The molecule has 7 nitrogen and oxygen atoms in total. The molecule has 33 heavy (non-hydrogen) atoms. The van der Waals surface area contributed by atoms with Gasteiger partial charge in [0, 0.05) is 37.8 Å². The Hall–Kier alpha value is -3.81. The molecule has 0 unspecified atom stereocenters. The predicted molar refractivity (Wildman–Crippen MR) is 126 cm³/mol. The summed E-state index contributed by atoms with van der Waals surface area (Å²) in [6, 6.07) is 12.0. The minimum atomic E-state index is -0.301. The summed E-state index contributed by atoms with van der Waals surface area (Å²) in [6.45, 7) is 2.62. The largest absolute Gasteiger partial charge is 0.347 e. The molecule has 2 aromatic heterocycles. The molecule has 1 saturated heterocycles. The maximum absolute atomic E-state index is 13.7. The van der Waals surface area contributed by atoms with Crippen molar-refractivity contribution in [3.63, 3.8) is 0 Å². The smallest absolute Gasteiger partial charge is 0.275 e. The van der Waals surface area contributed by atoms with Crippen LogP contribution in [-0.4, -0.2) is 51.6 Å². The predicted octanol–water partition coefficient (Wildman–Crippen LogP) is 4.51. The zero-order chi connectivity index (χ0) is 23.1. The molecule has 1 aliphatic heterocycles. The van der Waals surface area contributed by atoms with Crippen LogP contribution in [-0.2, 0) is 0 Å². The topological polar surface area (TPSA) is 78.0 Å². The van der Waals surface area contributed by atoms with E-state index in [0.717, 1.165) is 46.1 Å². The third kappa shape index (κ3) is 3.82. The van der Waals surface area contributed by atoms with E-state index in [4.69, 9.17) is 4.98 Å². The van der Waals surface area contributed by atoms with Crippen LogP contribution in [0.4, 0.5) is 10.3 Å². The van der Waals surface area contributed by atoms with Gasteiger partial charge in [-0.1, -0.05) is 23.8 Å². The van der Waals surface area contributed by atoms with Crippen LogP contribution < -0.4 is 4.90 Å². The average Bonchev–Trinajstić information content (AvgIpc) is 3.46. The number of H-pyrrole nitrogens is 1. The molecular formula is C25H25FN6O.